The van der Waals surface area contributed by atoms with Crippen molar-refractivity contribution in [1.29, 1.82) is 0 Å². The Morgan fingerprint density at radius 3 is 2.28 bits per heavy atom. The lowest BCUT2D eigenvalue weighted by atomic mass is 10.1. The van der Waals surface area contributed by atoms with Crippen molar-refractivity contribution in [3.63, 3.8) is 0 Å². The number of fused-ring (bicyclic) bond motifs is 1. The summed E-state index contributed by atoms with van der Waals surface area (Å²) in [6.45, 7) is 1.98. The van der Waals surface area contributed by atoms with Crippen LogP contribution in [-0.4, -0.2) is 20.2 Å². The number of ether oxygens (including phenoxy) is 1. The van der Waals surface area contributed by atoms with Crippen LogP contribution in [-0.2, 0) is 0 Å². The van der Waals surface area contributed by atoms with E-state index < -0.39 is 0 Å². The molecule has 0 amide bonds. The standard InChI is InChI=1S/C21H30BrNO.ClH/c1-23-15-8-6-4-2-3-5-7-9-16-24-19-13-14-20-18(17-19)11-10-12-21(20)22;/h10-14,17,23H,2-9,15-16H2,1H3;1H. The van der Waals surface area contributed by atoms with Crippen molar-refractivity contribution in [3.05, 3.63) is 40.9 Å². The van der Waals surface area contributed by atoms with Gasteiger partial charge in [0.1, 0.15) is 5.75 Å². The molecule has 1 N–H and O–H groups in total. The highest BCUT2D eigenvalue weighted by atomic mass is 79.9. The fourth-order valence-electron chi connectivity index (χ4n) is 2.97. The maximum atomic E-state index is 5.90. The van der Waals surface area contributed by atoms with Gasteiger partial charge in [0.25, 0.3) is 0 Å². The molecule has 0 aliphatic heterocycles. The number of halogens is 2. The molecular weight excluding hydrogens is 398 g/mol. The SMILES string of the molecule is CNCCCCCCCCCCOc1ccc2c(Br)cccc2c1.Cl. The molecule has 0 radical (unpaired) electrons. The largest absolute Gasteiger partial charge is 0.494 e. The summed E-state index contributed by atoms with van der Waals surface area (Å²) in [4.78, 5) is 0. The number of unbranched alkanes of at least 4 members (excludes halogenated alkanes) is 7. The second-order valence-corrected chi connectivity index (χ2v) is 7.26. The molecule has 25 heavy (non-hydrogen) atoms. The van der Waals surface area contributed by atoms with Crippen LogP contribution in [0.3, 0.4) is 0 Å². The van der Waals surface area contributed by atoms with E-state index in [-0.39, 0.29) is 12.4 Å². The Labute approximate surface area is 167 Å². The second-order valence-electron chi connectivity index (χ2n) is 6.40. The highest BCUT2D eigenvalue weighted by Gasteiger charge is 2.00. The zero-order valence-corrected chi connectivity index (χ0v) is 17.6. The van der Waals surface area contributed by atoms with Gasteiger partial charge in [0.2, 0.25) is 0 Å². The monoisotopic (exact) mass is 427 g/mol. The molecule has 0 heterocycles. The van der Waals surface area contributed by atoms with Gasteiger partial charge in [-0.3, -0.25) is 0 Å². The van der Waals surface area contributed by atoms with Crippen LogP contribution in [0.4, 0.5) is 0 Å². The van der Waals surface area contributed by atoms with E-state index in [9.17, 15) is 0 Å². The molecule has 0 aliphatic rings. The quantitative estimate of drug-likeness (QED) is 0.378. The summed E-state index contributed by atoms with van der Waals surface area (Å²) >= 11 is 3.59. The maximum Gasteiger partial charge on any atom is 0.119 e. The lowest BCUT2D eigenvalue weighted by Gasteiger charge is -2.08. The summed E-state index contributed by atoms with van der Waals surface area (Å²) in [5.74, 6) is 0.977. The first-order valence-electron chi connectivity index (χ1n) is 9.27. The van der Waals surface area contributed by atoms with Crippen LogP contribution in [0.15, 0.2) is 40.9 Å². The average Bonchev–Trinajstić information content (AvgIpc) is 2.60. The van der Waals surface area contributed by atoms with Crippen LogP contribution in [0.5, 0.6) is 5.75 Å². The van der Waals surface area contributed by atoms with Gasteiger partial charge in [-0.1, -0.05) is 66.6 Å². The van der Waals surface area contributed by atoms with Crippen molar-refractivity contribution < 1.29 is 4.74 Å². The molecule has 0 aliphatic carbocycles. The summed E-state index contributed by atoms with van der Waals surface area (Å²) in [5, 5.41) is 5.66. The number of hydrogen-bond acceptors (Lipinski definition) is 2. The Morgan fingerprint density at radius 1 is 0.880 bits per heavy atom. The summed E-state index contributed by atoms with van der Waals surface area (Å²) in [6, 6.07) is 12.6. The highest BCUT2D eigenvalue weighted by molar-refractivity contribution is 9.10. The third kappa shape index (κ3) is 8.44. The van der Waals surface area contributed by atoms with Crippen LogP contribution in [0.25, 0.3) is 10.8 Å². The molecule has 0 saturated heterocycles. The molecule has 0 saturated carbocycles. The number of benzene rings is 2. The van der Waals surface area contributed by atoms with E-state index >= 15 is 0 Å². The zero-order valence-electron chi connectivity index (χ0n) is 15.2. The van der Waals surface area contributed by atoms with E-state index in [2.05, 4.69) is 57.6 Å². The van der Waals surface area contributed by atoms with Crippen molar-refractivity contribution in [2.75, 3.05) is 20.2 Å². The third-order valence-electron chi connectivity index (χ3n) is 4.39. The molecule has 140 valence electrons. The first kappa shape index (κ1) is 22.3. The smallest absolute Gasteiger partial charge is 0.119 e. The highest BCUT2D eigenvalue weighted by Crippen LogP contribution is 2.27. The minimum atomic E-state index is 0. The van der Waals surface area contributed by atoms with Crippen LogP contribution >= 0.6 is 28.3 Å². The summed E-state index contributed by atoms with van der Waals surface area (Å²) < 4.78 is 7.04. The number of hydrogen-bond donors (Lipinski definition) is 1. The predicted octanol–water partition coefficient (Wildman–Crippen LogP) is 6.74. The van der Waals surface area contributed by atoms with Gasteiger partial charge in [-0.15, -0.1) is 12.4 Å². The fraction of sp³-hybridized carbons (Fsp3) is 0.524. The Morgan fingerprint density at radius 2 is 1.56 bits per heavy atom. The van der Waals surface area contributed by atoms with Gasteiger partial charge in [0.05, 0.1) is 6.61 Å². The van der Waals surface area contributed by atoms with E-state index in [0.717, 1.165) is 29.8 Å². The van der Waals surface area contributed by atoms with Gasteiger partial charge in [-0.2, -0.15) is 0 Å². The normalized spacial score (nSPS) is 10.6. The molecule has 0 unspecified atom stereocenters. The molecule has 0 aromatic heterocycles. The average molecular weight is 429 g/mol. The van der Waals surface area contributed by atoms with Gasteiger partial charge in [0.15, 0.2) is 0 Å². The Balaban J connectivity index is 0.00000312. The van der Waals surface area contributed by atoms with Crippen molar-refractivity contribution in [2.24, 2.45) is 0 Å². The van der Waals surface area contributed by atoms with Crippen molar-refractivity contribution >= 4 is 39.1 Å². The molecule has 2 aromatic carbocycles. The van der Waals surface area contributed by atoms with E-state index in [1.807, 2.05) is 7.05 Å². The van der Waals surface area contributed by atoms with Crippen LogP contribution in [0, 0.1) is 0 Å². The van der Waals surface area contributed by atoms with Gasteiger partial charge < -0.3 is 10.1 Å². The van der Waals surface area contributed by atoms with Crippen molar-refractivity contribution in [1.82, 2.24) is 5.32 Å². The first-order valence-corrected chi connectivity index (χ1v) is 10.1. The molecule has 2 nitrogen and oxygen atoms in total. The van der Waals surface area contributed by atoms with E-state index in [1.54, 1.807) is 0 Å². The Hall–Kier alpha value is -0.770. The van der Waals surface area contributed by atoms with E-state index in [1.165, 1.54) is 55.7 Å². The lowest BCUT2D eigenvalue weighted by molar-refractivity contribution is 0.304. The van der Waals surface area contributed by atoms with Crippen LogP contribution in [0.2, 0.25) is 0 Å². The fourth-order valence-corrected chi connectivity index (χ4v) is 3.48. The summed E-state index contributed by atoms with van der Waals surface area (Å²) in [6.07, 6.45) is 10.6. The zero-order chi connectivity index (χ0) is 17.0. The molecule has 2 aromatic rings. The third-order valence-corrected chi connectivity index (χ3v) is 5.08. The van der Waals surface area contributed by atoms with E-state index in [0.29, 0.717) is 0 Å². The van der Waals surface area contributed by atoms with Gasteiger partial charge >= 0.3 is 0 Å². The topological polar surface area (TPSA) is 21.3 Å². The predicted molar refractivity (Wildman–Crippen MR) is 115 cm³/mol. The molecule has 2 rings (SSSR count). The minimum absolute atomic E-state index is 0. The second kappa shape index (κ2) is 13.4. The first-order chi connectivity index (χ1) is 11.8. The molecule has 4 heteroatoms. The molecule has 0 bridgehead atoms. The minimum Gasteiger partial charge on any atom is -0.494 e. The Kier molecular flexibility index (Phi) is 12.0. The molecular formula is C21H31BrClNO. The Bertz CT molecular complexity index is 605. The van der Waals surface area contributed by atoms with Crippen LogP contribution < -0.4 is 10.1 Å². The van der Waals surface area contributed by atoms with E-state index in [4.69, 9.17) is 4.74 Å². The van der Waals surface area contributed by atoms with Crippen molar-refractivity contribution in [2.45, 2.75) is 51.4 Å². The van der Waals surface area contributed by atoms with Crippen LogP contribution in [0.1, 0.15) is 51.4 Å². The van der Waals surface area contributed by atoms with Gasteiger partial charge in [-0.25, -0.2) is 0 Å². The number of rotatable bonds is 12. The molecule has 0 spiro atoms. The van der Waals surface area contributed by atoms with Crippen molar-refractivity contribution in [3.8, 4) is 5.75 Å². The summed E-state index contributed by atoms with van der Waals surface area (Å²) in [7, 11) is 2.03. The maximum absolute atomic E-state index is 5.90. The van der Waals surface area contributed by atoms with Gasteiger partial charge in [-0.05, 0) is 61.5 Å². The number of nitrogens with one attached hydrogen (secondary N) is 1. The molecule has 0 atom stereocenters. The van der Waals surface area contributed by atoms with Gasteiger partial charge in [0, 0.05) is 4.47 Å². The summed E-state index contributed by atoms with van der Waals surface area (Å²) in [5.41, 5.74) is 0. The molecule has 0 fully saturated rings. The lowest BCUT2D eigenvalue weighted by Crippen LogP contribution is -2.06.